The highest BCUT2D eigenvalue weighted by molar-refractivity contribution is 6.44. The van der Waals surface area contributed by atoms with Gasteiger partial charge in [0.1, 0.15) is 46.7 Å². The third kappa shape index (κ3) is 5.50. The maximum atomic E-state index is 17.1. The Morgan fingerprint density at radius 3 is 2.44 bits per heavy atom. The third-order valence-electron chi connectivity index (χ3n) is 11.7. The molecule has 2 bridgehead atoms. The van der Waals surface area contributed by atoms with Gasteiger partial charge in [-0.15, -0.1) is 6.42 Å². The summed E-state index contributed by atoms with van der Waals surface area (Å²) >= 11 is 0. The van der Waals surface area contributed by atoms with Crippen LogP contribution in [0, 0.1) is 35.2 Å². The molecule has 2 atom stereocenters. The number of amides is 1. The number of piperazine rings is 1. The lowest BCUT2D eigenvalue weighted by molar-refractivity contribution is -0.127. The second kappa shape index (κ2) is 13.0. The third-order valence-corrected chi connectivity index (χ3v) is 11.7. The van der Waals surface area contributed by atoms with E-state index in [1.54, 1.807) is 4.90 Å². The van der Waals surface area contributed by atoms with Crippen LogP contribution in [0.5, 0.6) is 11.8 Å². The van der Waals surface area contributed by atoms with Gasteiger partial charge in [-0.05, 0) is 99.5 Å². The molecule has 4 aliphatic rings. The van der Waals surface area contributed by atoms with Crippen molar-refractivity contribution in [2.24, 2.45) is 0 Å². The van der Waals surface area contributed by atoms with E-state index in [0.717, 1.165) is 38.8 Å². The molecule has 0 saturated carbocycles. The van der Waals surface area contributed by atoms with Crippen LogP contribution >= 0.6 is 0 Å². The largest absolute Gasteiger partial charge is 0.508 e. The number of anilines is 1. The molecule has 13 heteroatoms. The van der Waals surface area contributed by atoms with Crippen LogP contribution in [-0.4, -0.2) is 91.9 Å². The Morgan fingerprint density at radius 1 is 1.02 bits per heavy atom. The Balaban J connectivity index is 1.12. The number of hydrogen-bond acceptors (Lipinski definition) is 9. The zero-order valence-corrected chi connectivity index (χ0v) is 29.3. The number of nitrogens with one attached hydrogen (secondary N) is 1. The topological polar surface area (TPSA) is 119 Å². The Hall–Kier alpha value is -5.74. The smallest absolute Gasteiger partial charge is 0.319 e. The normalized spacial score (nSPS) is 20.4. The Kier molecular flexibility index (Phi) is 8.19. The second-order valence-corrected chi connectivity index (χ2v) is 14.8. The summed E-state index contributed by atoms with van der Waals surface area (Å²) in [6.45, 7) is 3.05. The number of fused-ring (bicyclic) bond motifs is 5. The number of pyridine rings is 1. The van der Waals surface area contributed by atoms with Gasteiger partial charge in [-0.2, -0.15) is 9.97 Å². The fourth-order valence-electron chi connectivity index (χ4n) is 9.20. The van der Waals surface area contributed by atoms with E-state index >= 15 is 4.39 Å². The van der Waals surface area contributed by atoms with E-state index in [4.69, 9.17) is 21.6 Å². The van der Waals surface area contributed by atoms with Gasteiger partial charge < -0.3 is 19.6 Å². The van der Waals surface area contributed by atoms with Crippen LogP contribution in [0.1, 0.15) is 49.7 Å². The quantitative estimate of drug-likeness (QED) is 0.150. The van der Waals surface area contributed by atoms with Crippen molar-refractivity contribution < 1.29 is 27.8 Å². The molecule has 0 radical (unpaired) electrons. The first-order valence-corrected chi connectivity index (χ1v) is 18.2. The lowest BCUT2D eigenvalue weighted by Crippen LogP contribution is -2.57. The van der Waals surface area contributed by atoms with Crippen LogP contribution in [0.15, 0.2) is 54.7 Å². The standard InChI is InChI=1S/C41H36F3N7O3/c1-2-29-32(43)12-7-24-17-28(52)18-30(33(24)29)36-34(44)37-31(19-46-36)38(48-40(47-37)54-22-41-13-3-15-50(41)16-4-14-41)49-20-26-10-11-27(21-49)51(26)39(53)35(45)23-5-8-25(42)9-6-23/h1,5-9,12,17-19,26-27,45,52H,3-4,10-11,13-16,20-22H2. The van der Waals surface area contributed by atoms with Crippen molar-refractivity contribution in [3.63, 3.8) is 0 Å². The van der Waals surface area contributed by atoms with Gasteiger partial charge in [0, 0.05) is 35.8 Å². The van der Waals surface area contributed by atoms with Gasteiger partial charge in [-0.25, -0.2) is 13.2 Å². The lowest BCUT2D eigenvalue weighted by atomic mass is 9.95. The first-order chi connectivity index (χ1) is 26.1. The molecule has 6 heterocycles. The van der Waals surface area contributed by atoms with Crippen molar-refractivity contribution in [2.45, 2.75) is 56.1 Å². The number of ether oxygens (including phenoxy) is 1. The fourth-order valence-corrected chi connectivity index (χ4v) is 9.20. The van der Waals surface area contributed by atoms with Crippen LogP contribution in [0.2, 0.25) is 0 Å². The van der Waals surface area contributed by atoms with Gasteiger partial charge >= 0.3 is 6.01 Å². The van der Waals surface area contributed by atoms with Gasteiger partial charge in [0.2, 0.25) is 0 Å². The second-order valence-electron chi connectivity index (χ2n) is 14.8. The number of nitrogens with zero attached hydrogens (tertiary/aromatic N) is 6. The van der Waals surface area contributed by atoms with E-state index in [-0.39, 0.29) is 62.8 Å². The summed E-state index contributed by atoms with van der Waals surface area (Å²) in [5.41, 5.74) is -0.205. The summed E-state index contributed by atoms with van der Waals surface area (Å²) in [4.78, 5) is 33.9. The maximum Gasteiger partial charge on any atom is 0.319 e. The van der Waals surface area contributed by atoms with Crippen LogP contribution in [0.3, 0.4) is 0 Å². The van der Waals surface area contributed by atoms with Crippen molar-refractivity contribution >= 4 is 39.1 Å². The molecule has 4 saturated heterocycles. The number of carbonyl (C=O) groups is 1. The molecule has 0 aliphatic carbocycles. The van der Waals surface area contributed by atoms with E-state index < -0.39 is 23.4 Å². The van der Waals surface area contributed by atoms with Crippen LogP contribution < -0.4 is 9.64 Å². The molecular formula is C41H36F3N7O3. The van der Waals surface area contributed by atoms with E-state index in [0.29, 0.717) is 54.7 Å². The van der Waals surface area contributed by atoms with Gasteiger partial charge in [-0.1, -0.05) is 12.0 Å². The van der Waals surface area contributed by atoms with Gasteiger partial charge in [0.25, 0.3) is 5.91 Å². The Labute approximate surface area is 309 Å². The highest BCUT2D eigenvalue weighted by atomic mass is 19.1. The lowest BCUT2D eigenvalue weighted by Gasteiger charge is -2.42. The molecule has 9 rings (SSSR count). The molecule has 0 spiro atoms. The zero-order valence-electron chi connectivity index (χ0n) is 29.3. The summed E-state index contributed by atoms with van der Waals surface area (Å²) in [7, 11) is 0. The molecule has 4 aliphatic heterocycles. The van der Waals surface area contributed by atoms with E-state index in [2.05, 4.69) is 20.8 Å². The average molecular weight is 732 g/mol. The number of aromatic hydroxyl groups is 1. The molecule has 3 aromatic carbocycles. The number of hydrogen-bond donors (Lipinski definition) is 2. The van der Waals surface area contributed by atoms with Gasteiger partial charge in [0.15, 0.2) is 5.82 Å². The highest BCUT2D eigenvalue weighted by Crippen LogP contribution is 2.42. The maximum absolute atomic E-state index is 17.1. The number of carbonyl (C=O) groups excluding carboxylic acids is 1. The van der Waals surface area contributed by atoms with Crippen molar-refractivity contribution in [3.05, 3.63) is 83.3 Å². The Bertz CT molecular complexity index is 2390. The molecular weight excluding hydrogens is 695 g/mol. The fraction of sp³-hybridized carbons (Fsp3) is 0.341. The molecule has 2 aromatic heterocycles. The predicted molar refractivity (Wildman–Crippen MR) is 197 cm³/mol. The van der Waals surface area contributed by atoms with Gasteiger partial charge in [-0.3, -0.25) is 20.1 Å². The first-order valence-electron chi connectivity index (χ1n) is 18.2. The number of aromatic nitrogens is 3. The Morgan fingerprint density at radius 2 is 1.74 bits per heavy atom. The SMILES string of the molecule is C#Cc1c(F)ccc2cc(O)cc(-c3ncc4c(N5CC6CCC(C5)N6C(=O)C(=N)c5ccc(F)cc5)nc(OCC56CCCN5CCC6)nc4c3F)c12. The number of phenolic OH excluding ortho intramolecular Hbond substituents is 1. The summed E-state index contributed by atoms with van der Waals surface area (Å²) in [5.74, 6) is 0.243. The minimum atomic E-state index is -0.814. The van der Waals surface area contributed by atoms with E-state index in [9.17, 15) is 18.7 Å². The van der Waals surface area contributed by atoms with Crippen molar-refractivity contribution in [2.75, 3.05) is 37.7 Å². The molecule has 4 fully saturated rings. The minimum Gasteiger partial charge on any atom is -0.508 e. The van der Waals surface area contributed by atoms with Gasteiger partial charge in [0.05, 0.1) is 28.6 Å². The van der Waals surface area contributed by atoms with E-state index in [1.165, 1.54) is 54.7 Å². The molecule has 1 amide bonds. The number of phenols is 1. The van der Waals surface area contributed by atoms with E-state index in [1.807, 2.05) is 4.90 Å². The minimum absolute atomic E-state index is 0.00161. The number of halogens is 3. The van der Waals surface area contributed by atoms with Crippen LogP contribution in [0.4, 0.5) is 19.0 Å². The summed E-state index contributed by atoms with van der Waals surface area (Å²) in [6.07, 6.45) is 12.7. The zero-order chi connectivity index (χ0) is 37.3. The molecule has 10 nitrogen and oxygen atoms in total. The monoisotopic (exact) mass is 731 g/mol. The summed E-state index contributed by atoms with van der Waals surface area (Å²) < 4.78 is 52.0. The highest BCUT2D eigenvalue weighted by Gasteiger charge is 2.46. The van der Waals surface area contributed by atoms with Crippen molar-refractivity contribution in [1.82, 2.24) is 24.8 Å². The first kappa shape index (κ1) is 34.1. The summed E-state index contributed by atoms with van der Waals surface area (Å²) in [5, 5.41) is 20.2. The number of terminal acetylenes is 1. The predicted octanol–water partition coefficient (Wildman–Crippen LogP) is 6.20. The van der Waals surface area contributed by atoms with Crippen LogP contribution in [0.25, 0.3) is 32.9 Å². The molecule has 5 aromatic rings. The van der Waals surface area contributed by atoms with Crippen molar-refractivity contribution in [3.8, 4) is 35.4 Å². The van der Waals surface area contributed by atoms with Crippen LogP contribution in [-0.2, 0) is 4.79 Å². The molecule has 54 heavy (non-hydrogen) atoms. The molecule has 2 unspecified atom stereocenters. The summed E-state index contributed by atoms with van der Waals surface area (Å²) in [6, 6.07) is 10.2. The molecule has 274 valence electrons. The average Bonchev–Trinajstić information content (AvgIpc) is 3.84. The number of rotatable bonds is 7. The van der Waals surface area contributed by atoms with Crippen molar-refractivity contribution in [1.29, 1.82) is 5.41 Å². The number of benzene rings is 3. The molecule has 2 N–H and O–H groups in total.